The van der Waals surface area contributed by atoms with Gasteiger partial charge in [-0.3, -0.25) is 4.79 Å². The van der Waals surface area contributed by atoms with E-state index >= 15 is 0 Å². The van der Waals surface area contributed by atoms with E-state index in [1.807, 2.05) is 0 Å². The number of hydrogen-bond donors (Lipinski definition) is 2. The number of carbonyl (C=O) groups excluding carboxylic acids is 2. The van der Waals surface area contributed by atoms with Gasteiger partial charge in [-0.15, -0.1) is 0 Å². The molecular formula is C10H20N2O4. The SMILES string of the molecule is COC(C)C(NC(=O)OC(C)(C)C)C(N)=O. The molecule has 2 amide bonds. The predicted octanol–water partition coefficient (Wildman–Crippen LogP) is 0.400. The molecule has 0 aromatic carbocycles. The number of nitrogens with one attached hydrogen (secondary N) is 1. The molecule has 0 aliphatic rings. The Labute approximate surface area is 95.5 Å². The molecular weight excluding hydrogens is 212 g/mol. The van der Waals surface area contributed by atoms with Gasteiger partial charge in [-0.25, -0.2) is 4.79 Å². The molecule has 2 unspecified atom stereocenters. The fourth-order valence-electron chi connectivity index (χ4n) is 0.990. The normalized spacial score (nSPS) is 15.1. The number of methoxy groups -OCH3 is 1. The molecule has 0 fully saturated rings. The Morgan fingerprint density at radius 3 is 2.12 bits per heavy atom. The topological polar surface area (TPSA) is 90.7 Å². The van der Waals surface area contributed by atoms with Crippen LogP contribution >= 0.6 is 0 Å². The monoisotopic (exact) mass is 232 g/mol. The van der Waals surface area contributed by atoms with Crippen LogP contribution in [0.15, 0.2) is 0 Å². The quantitative estimate of drug-likeness (QED) is 0.734. The maximum Gasteiger partial charge on any atom is 0.408 e. The minimum absolute atomic E-state index is 0.509. The highest BCUT2D eigenvalue weighted by molar-refractivity contribution is 5.84. The fraction of sp³-hybridized carbons (Fsp3) is 0.800. The number of ether oxygens (including phenoxy) is 2. The van der Waals surface area contributed by atoms with Crippen molar-refractivity contribution in [1.82, 2.24) is 5.32 Å². The van der Waals surface area contributed by atoms with Crippen molar-refractivity contribution >= 4 is 12.0 Å². The van der Waals surface area contributed by atoms with Crippen molar-refractivity contribution < 1.29 is 19.1 Å². The summed E-state index contributed by atoms with van der Waals surface area (Å²) in [5.74, 6) is -0.666. The first-order valence-electron chi connectivity index (χ1n) is 4.99. The van der Waals surface area contributed by atoms with Crippen molar-refractivity contribution in [2.75, 3.05) is 7.11 Å². The van der Waals surface area contributed by atoms with Crippen LogP contribution < -0.4 is 11.1 Å². The van der Waals surface area contributed by atoms with E-state index in [4.69, 9.17) is 15.2 Å². The van der Waals surface area contributed by atoms with Gasteiger partial charge in [0.15, 0.2) is 0 Å². The van der Waals surface area contributed by atoms with Crippen molar-refractivity contribution in [3.05, 3.63) is 0 Å². The zero-order chi connectivity index (χ0) is 12.9. The minimum Gasteiger partial charge on any atom is -0.444 e. The first-order chi connectivity index (χ1) is 7.17. The summed E-state index contributed by atoms with van der Waals surface area (Å²) in [6.45, 7) is 6.82. The highest BCUT2D eigenvalue weighted by Gasteiger charge is 2.27. The Morgan fingerprint density at radius 1 is 1.31 bits per heavy atom. The number of carbonyl (C=O) groups is 2. The molecule has 0 saturated heterocycles. The van der Waals surface area contributed by atoms with E-state index in [2.05, 4.69) is 5.32 Å². The molecule has 0 saturated carbocycles. The average molecular weight is 232 g/mol. The zero-order valence-corrected chi connectivity index (χ0v) is 10.4. The van der Waals surface area contributed by atoms with Crippen molar-refractivity contribution in [1.29, 1.82) is 0 Å². The molecule has 2 atom stereocenters. The molecule has 0 radical (unpaired) electrons. The van der Waals surface area contributed by atoms with Crippen LogP contribution in [0.5, 0.6) is 0 Å². The molecule has 6 heteroatoms. The van der Waals surface area contributed by atoms with Gasteiger partial charge in [-0.2, -0.15) is 0 Å². The number of alkyl carbamates (subject to hydrolysis) is 1. The first kappa shape index (κ1) is 14.7. The smallest absolute Gasteiger partial charge is 0.408 e. The summed E-state index contributed by atoms with van der Waals surface area (Å²) in [7, 11) is 1.43. The molecule has 16 heavy (non-hydrogen) atoms. The second-order valence-electron chi connectivity index (χ2n) is 4.47. The summed E-state index contributed by atoms with van der Waals surface area (Å²) >= 11 is 0. The van der Waals surface area contributed by atoms with Crippen molar-refractivity contribution in [2.45, 2.75) is 45.4 Å². The second kappa shape index (κ2) is 5.69. The predicted molar refractivity (Wildman–Crippen MR) is 58.8 cm³/mol. The van der Waals surface area contributed by atoms with Gasteiger partial charge in [0.05, 0.1) is 6.10 Å². The van der Waals surface area contributed by atoms with Crippen molar-refractivity contribution in [3.63, 3.8) is 0 Å². The Hall–Kier alpha value is -1.30. The maximum absolute atomic E-state index is 11.4. The van der Waals surface area contributed by atoms with Gasteiger partial charge < -0.3 is 20.5 Å². The lowest BCUT2D eigenvalue weighted by Crippen LogP contribution is -2.52. The lowest BCUT2D eigenvalue weighted by Gasteiger charge is -2.24. The highest BCUT2D eigenvalue weighted by atomic mass is 16.6. The van der Waals surface area contributed by atoms with Gasteiger partial charge in [0.2, 0.25) is 5.91 Å². The summed E-state index contributed by atoms with van der Waals surface area (Å²) in [6.07, 6.45) is -1.20. The molecule has 0 bridgehead atoms. The van der Waals surface area contributed by atoms with Crippen molar-refractivity contribution in [3.8, 4) is 0 Å². The molecule has 94 valence electrons. The van der Waals surface area contributed by atoms with E-state index in [9.17, 15) is 9.59 Å². The van der Waals surface area contributed by atoms with E-state index in [-0.39, 0.29) is 0 Å². The molecule has 6 nitrogen and oxygen atoms in total. The van der Waals surface area contributed by atoms with E-state index in [0.717, 1.165) is 0 Å². The third kappa shape index (κ3) is 5.55. The zero-order valence-electron chi connectivity index (χ0n) is 10.4. The average Bonchev–Trinajstić information content (AvgIpc) is 2.09. The second-order valence-corrected chi connectivity index (χ2v) is 4.47. The van der Waals surface area contributed by atoms with Crippen LogP contribution in [0.2, 0.25) is 0 Å². The Kier molecular flexibility index (Phi) is 5.23. The highest BCUT2D eigenvalue weighted by Crippen LogP contribution is 2.07. The molecule has 0 spiro atoms. The molecule has 0 aromatic rings. The molecule has 0 aliphatic carbocycles. The van der Waals surface area contributed by atoms with Crippen LogP contribution in [0.3, 0.4) is 0 Å². The van der Waals surface area contributed by atoms with Gasteiger partial charge in [0.1, 0.15) is 11.6 Å². The van der Waals surface area contributed by atoms with Crippen LogP contribution in [0.25, 0.3) is 0 Å². The van der Waals surface area contributed by atoms with Crippen LogP contribution in [-0.4, -0.2) is 36.9 Å². The fourth-order valence-corrected chi connectivity index (χ4v) is 0.990. The molecule has 0 heterocycles. The van der Waals surface area contributed by atoms with E-state index < -0.39 is 29.7 Å². The summed E-state index contributed by atoms with van der Waals surface area (Å²) < 4.78 is 9.93. The number of hydrogen-bond acceptors (Lipinski definition) is 4. The van der Waals surface area contributed by atoms with E-state index in [0.29, 0.717) is 0 Å². The Morgan fingerprint density at radius 2 is 1.81 bits per heavy atom. The lowest BCUT2D eigenvalue weighted by molar-refractivity contribution is -0.123. The van der Waals surface area contributed by atoms with Gasteiger partial charge in [-0.05, 0) is 27.7 Å². The van der Waals surface area contributed by atoms with Crippen LogP contribution in [0.4, 0.5) is 4.79 Å². The number of amides is 2. The summed E-state index contributed by atoms with van der Waals surface area (Å²) in [4.78, 5) is 22.5. The molecule has 0 aromatic heterocycles. The van der Waals surface area contributed by atoms with Gasteiger partial charge in [-0.1, -0.05) is 0 Å². The standard InChI is InChI=1S/C10H20N2O4/c1-6(15-5)7(8(11)13)12-9(14)16-10(2,3)4/h6-7H,1-5H3,(H2,11,13)(H,12,14). The number of rotatable bonds is 4. The maximum atomic E-state index is 11.4. The first-order valence-corrected chi connectivity index (χ1v) is 4.99. The minimum atomic E-state index is -0.903. The Balaban J connectivity index is 4.42. The lowest BCUT2D eigenvalue weighted by atomic mass is 10.1. The van der Waals surface area contributed by atoms with Gasteiger partial charge in [0.25, 0.3) is 0 Å². The molecule has 3 N–H and O–H groups in total. The summed E-state index contributed by atoms with van der Waals surface area (Å²) in [5.41, 5.74) is 4.51. The van der Waals surface area contributed by atoms with Gasteiger partial charge in [0, 0.05) is 7.11 Å². The molecule has 0 rings (SSSR count). The van der Waals surface area contributed by atoms with Crippen LogP contribution in [0, 0.1) is 0 Å². The number of nitrogens with two attached hydrogens (primary N) is 1. The van der Waals surface area contributed by atoms with E-state index in [1.54, 1.807) is 27.7 Å². The van der Waals surface area contributed by atoms with Crippen molar-refractivity contribution in [2.24, 2.45) is 5.73 Å². The van der Waals surface area contributed by atoms with Gasteiger partial charge >= 0.3 is 6.09 Å². The van der Waals surface area contributed by atoms with E-state index in [1.165, 1.54) is 7.11 Å². The third-order valence-electron chi connectivity index (χ3n) is 1.82. The van der Waals surface area contributed by atoms with Crippen LogP contribution in [0.1, 0.15) is 27.7 Å². The number of primary amides is 1. The summed E-state index contributed by atoms with van der Waals surface area (Å²) in [6, 6.07) is -0.903. The summed E-state index contributed by atoms with van der Waals surface area (Å²) in [5, 5.41) is 2.36. The third-order valence-corrected chi connectivity index (χ3v) is 1.82. The largest absolute Gasteiger partial charge is 0.444 e. The molecule has 0 aliphatic heterocycles. The van der Waals surface area contributed by atoms with Crippen LogP contribution in [-0.2, 0) is 14.3 Å². The Bertz CT molecular complexity index is 260.